The van der Waals surface area contributed by atoms with Crippen LogP contribution in [-0.2, 0) is 17.8 Å². The Bertz CT molecular complexity index is 1070. The molecular formula is C28H35N5O2. The third-order valence-electron chi connectivity index (χ3n) is 7.08. The van der Waals surface area contributed by atoms with Crippen LogP contribution < -0.4 is 10.2 Å². The molecule has 3 heterocycles. The summed E-state index contributed by atoms with van der Waals surface area (Å²) in [5, 5.41) is 7.32. The number of carbonyl (C=O) groups is 1. The van der Waals surface area contributed by atoms with Gasteiger partial charge in [0.1, 0.15) is 0 Å². The summed E-state index contributed by atoms with van der Waals surface area (Å²) in [5.41, 5.74) is 3.53. The van der Waals surface area contributed by atoms with Crippen LogP contribution in [0.15, 0.2) is 59.1 Å². The van der Waals surface area contributed by atoms with Gasteiger partial charge in [-0.05, 0) is 61.9 Å². The van der Waals surface area contributed by atoms with Gasteiger partial charge in [0.2, 0.25) is 17.6 Å². The average Bonchev–Trinajstić information content (AvgIpc) is 3.39. The molecule has 35 heavy (non-hydrogen) atoms. The summed E-state index contributed by atoms with van der Waals surface area (Å²) in [6.45, 7) is 5.23. The van der Waals surface area contributed by atoms with E-state index in [0.29, 0.717) is 24.6 Å². The van der Waals surface area contributed by atoms with Crippen molar-refractivity contribution in [3.8, 4) is 11.4 Å². The Balaban J connectivity index is 1.05. The summed E-state index contributed by atoms with van der Waals surface area (Å²) in [6.07, 6.45) is 6.63. The van der Waals surface area contributed by atoms with E-state index in [0.717, 1.165) is 51.1 Å². The van der Waals surface area contributed by atoms with Gasteiger partial charge in [0.25, 0.3) is 0 Å². The zero-order valence-corrected chi connectivity index (χ0v) is 20.4. The monoisotopic (exact) mass is 473 g/mol. The Morgan fingerprint density at radius 1 is 0.943 bits per heavy atom. The number of benzene rings is 2. The fourth-order valence-electron chi connectivity index (χ4n) is 5.04. The van der Waals surface area contributed by atoms with Gasteiger partial charge in [0.05, 0.1) is 0 Å². The second-order valence-electron chi connectivity index (χ2n) is 9.71. The molecule has 2 saturated heterocycles. The molecule has 7 heteroatoms. The lowest BCUT2D eigenvalue weighted by Crippen LogP contribution is -2.44. The minimum Gasteiger partial charge on any atom is -0.372 e. The van der Waals surface area contributed by atoms with Gasteiger partial charge >= 0.3 is 0 Å². The SMILES string of the molecule is O=C(CCc1nc(-c2ccc(N3CCCCC3)cc2)no1)NC1CCN(Cc2ccccc2)CC1. The van der Waals surface area contributed by atoms with Gasteiger partial charge in [-0.15, -0.1) is 0 Å². The van der Waals surface area contributed by atoms with Gasteiger partial charge in [-0.1, -0.05) is 35.5 Å². The molecule has 0 radical (unpaired) electrons. The molecule has 1 amide bonds. The highest BCUT2D eigenvalue weighted by Crippen LogP contribution is 2.24. The van der Waals surface area contributed by atoms with E-state index in [9.17, 15) is 4.79 Å². The molecule has 1 N–H and O–H groups in total. The molecule has 1 aromatic heterocycles. The fraction of sp³-hybridized carbons (Fsp3) is 0.464. The van der Waals surface area contributed by atoms with Crippen molar-refractivity contribution in [2.24, 2.45) is 0 Å². The molecule has 2 aromatic carbocycles. The van der Waals surface area contributed by atoms with Crippen LogP contribution in [0.2, 0.25) is 0 Å². The highest BCUT2D eigenvalue weighted by molar-refractivity contribution is 5.76. The Hall–Kier alpha value is -3.19. The first-order valence-corrected chi connectivity index (χ1v) is 13.0. The van der Waals surface area contributed by atoms with Gasteiger partial charge in [-0.2, -0.15) is 4.98 Å². The maximum absolute atomic E-state index is 12.5. The summed E-state index contributed by atoms with van der Waals surface area (Å²) >= 11 is 0. The molecule has 0 aliphatic carbocycles. The number of hydrogen-bond acceptors (Lipinski definition) is 6. The van der Waals surface area contributed by atoms with E-state index >= 15 is 0 Å². The topological polar surface area (TPSA) is 74.5 Å². The minimum atomic E-state index is 0.0529. The quantitative estimate of drug-likeness (QED) is 0.521. The smallest absolute Gasteiger partial charge is 0.227 e. The van der Waals surface area contributed by atoms with Crippen molar-refractivity contribution >= 4 is 11.6 Å². The standard InChI is InChI=1S/C28H35N5O2/c34-26(29-24-15-19-32(20-16-24)21-22-7-3-1-4-8-22)13-14-27-30-28(31-35-27)23-9-11-25(12-10-23)33-17-5-2-6-18-33/h1,3-4,7-12,24H,2,5-6,13-21H2,(H,29,34). The van der Waals surface area contributed by atoms with Crippen LogP contribution in [0.4, 0.5) is 5.69 Å². The Kier molecular flexibility index (Phi) is 7.73. The highest BCUT2D eigenvalue weighted by atomic mass is 16.5. The summed E-state index contributed by atoms with van der Waals surface area (Å²) in [7, 11) is 0. The Morgan fingerprint density at radius 2 is 1.69 bits per heavy atom. The summed E-state index contributed by atoms with van der Waals surface area (Å²) < 4.78 is 5.42. The molecular weight excluding hydrogens is 438 g/mol. The van der Waals surface area contributed by atoms with Crippen LogP contribution in [0, 0.1) is 0 Å². The van der Waals surface area contributed by atoms with Crippen molar-refractivity contribution in [2.45, 2.75) is 57.5 Å². The van der Waals surface area contributed by atoms with Crippen molar-refractivity contribution in [1.82, 2.24) is 20.4 Å². The highest BCUT2D eigenvalue weighted by Gasteiger charge is 2.21. The largest absolute Gasteiger partial charge is 0.372 e. The molecule has 0 spiro atoms. The van der Waals surface area contributed by atoms with Crippen LogP contribution in [0.5, 0.6) is 0 Å². The summed E-state index contributed by atoms with van der Waals surface area (Å²) in [5.74, 6) is 1.14. The number of piperidine rings is 2. The van der Waals surface area contributed by atoms with Crippen molar-refractivity contribution in [2.75, 3.05) is 31.1 Å². The molecule has 2 aliphatic heterocycles. The third-order valence-corrected chi connectivity index (χ3v) is 7.08. The van der Waals surface area contributed by atoms with Gasteiger partial charge in [-0.25, -0.2) is 0 Å². The summed E-state index contributed by atoms with van der Waals surface area (Å²) in [4.78, 5) is 21.9. The Labute approximate surface area is 207 Å². The molecule has 0 atom stereocenters. The molecule has 2 fully saturated rings. The number of anilines is 1. The van der Waals surface area contributed by atoms with E-state index in [1.807, 2.05) is 6.07 Å². The van der Waals surface area contributed by atoms with Crippen molar-refractivity contribution < 1.29 is 9.32 Å². The molecule has 2 aliphatic rings. The van der Waals surface area contributed by atoms with E-state index in [4.69, 9.17) is 4.52 Å². The number of nitrogens with zero attached hydrogens (tertiary/aromatic N) is 4. The van der Waals surface area contributed by atoms with Crippen LogP contribution in [0.3, 0.4) is 0 Å². The zero-order valence-electron chi connectivity index (χ0n) is 20.4. The predicted octanol–water partition coefficient (Wildman–Crippen LogP) is 4.44. The lowest BCUT2D eigenvalue weighted by molar-refractivity contribution is -0.122. The minimum absolute atomic E-state index is 0.0529. The van der Waals surface area contributed by atoms with E-state index < -0.39 is 0 Å². The third kappa shape index (κ3) is 6.48. The number of nitrogens with one attached hydrogen (secondary N) is 1. The first-order chi connectivity index (χ1) is 17.2. The van der Waals surface area contributed by atoms with Crippen LogP contribution >= 0.6 is 0 Å². The fourth-order valence-corrected chi connectivity index (χ4v) is 5.04. The van der Waals surface area contributed by atoms with E-state index in [-0.39, 0.29) is 11.9 Å². The van der Waals surface area contributed by atoms with Crippen LogP contribution in [0.25, 0.3) is 11.4 Å². The predicted molar refractivity (Wildman–Crippen MR) is 137 cm³/mol. The number of aryl methyl sites for hydroxylation is 1. The van der Waals surface area contributed by atoms with Crippen molar-refractivity contribution in [1.29, 1.82) is 0 Å². The second kappa shape index (κ2) is 11.5. The maximum atomic E-state index is 12.5. The van der Waals surface area contributed by atoms with E-state index in [1.165, 1.54) is 30.5 Å². The molecule has 3 aromatic rings. The number of amides is 1. The van der Waals surface area contributed by atoms with Crippen molar-refractivity contribution in [3.05, 3.63) is 66.1 Å². The van der Waals surface area contributed by atoms with Gasteiger partial charge in [0.15, 0.2) is 0 Å². The number of likely N-dealkylation sites (tertiary alicyclic amines) is 1. The number of carbonyl (C=O) groups excluding carboxylic acids is 1. The number of aromatic nitrogens is 2. The molecule has 184 valence electrons. The lowest BCUT2D eigenvalue weighted by atomic mass is 10.0. The number of hydrogen-bond donors (Lipinski definition) is 1. The van der Waals surface area contributed by atoms with Crippen molar-refractivity contribution in [3.63, 3.8) is 0 Å². The van der Waals surface area contributed by atoms with Gasteiger partial charge in [-0.3, -0.25) is 9.69 Å². The first kappa shape index (κ1) is 23.5. The molecule has 0 saturated carbocycles. The zero-order chi connectivity index (χ0) is 23.9. The number of rotatable bonds is 8. The normalized spacial score (nSPS) is 17.4. The van der Waals surface area contributed by atoms with Gasteiger partial charge in [0, 0.05) is 62.9 Å². The van der Waals surface area contributed by atoms with Crippen LogP contribution in [0.1, 0.15) is 50.0 Å². The molecule has 0 bridgehead atoms. The van der Waals surface area contributed by atoms with Gasteiger partial charge < -0.3 is 14.7 Å². The summed E-state index contributed by atoms with van der Waals surface area (Å²) in [6, 6.07) is 19.2. The van der Waals surface area contributed by atoms with E-state index in [2.05, 4.69) is 73.8 Å². The van der Waals surface area contributed by atoms with E-state index in [1.54, 1.807) is 0 Å². The second-order valence-corrected chi connectivity index (χ2v) is 9.71. The Morgan fingerprint density at radius 3 is 2.43 bits per heavy atom. The first-order valence-electron chi connectivity index (χ1n) is 13.0. The average molecular weight is 474 g/mol. The molecule has 0 unspecified atom stereocenters. The van der Waals surface area contributed by atoms with Crippen LogP contribution in [-0.4, -0.2) is 53.2 Å². The molecule has 7 nitrogen and oxygen atoms in total. The lowest BCUT2D eigenvalue weighted by Gasteiger charge is -2.32. The maximum Gasteiger partial charge on any atom is 0.227 e. The molecule has 5 rings (SSSR count).